The van der Waals surface area contributed by atoms with Crippen molar-refractivity contribution in [3.05, 3.63) is 71.6 Å². The molecule has 0 aliphatic rings. The number of rotatable bonds is 8. The molecule has 0 bridgehead atoms. The summed E-state index contributed by atoms with van der Waals surface area (Å²) in [5, 5.41) is 14.5. The van der Waals surface area contributed by atoms with E-state index >= 15 is 0 Å². The van der Waals surface area contributed by atoms with E-state index in [0.717, 1.165) is 11.1 Å². The van der Waals surface area contributed by atoms with Crippen molar-refractivity contribution >= 4 is 40.8 Å². The summed E-state index contributed by atoms with van der Waals surface area (Å²) in [7, 11) is 0. The number of hydrogen-bond donors (Lipinski definition) is 3. The molecular weight excluding hydrogens is 412 g/mol. The number of hydrogen-bond acceptors (Lipinski definition) is 5. The van der Waals surface area contributed by atoms with E-state index in [0.29, 0.717) is 5.69 Å². The molecule has 8 nitrogen and oxygen atoms in total. The van der Waals surface area contributed by atoms with Crippen LogP contribution in [-0.2, 0) is 14.3 Å². The van der Waals surface area contributed by atoms with Gasteiger partial charge in [-0.3, -0.25) is 9.59 Å². The van der Waals surface area contributed by atoms with Crippen LogP contribution in [0, 0.1) is 0 Å². The van der Waals surface area contributed by atoms with Crippen LogP contribution in [0.4, 0.5) is 11.4 Å². The zero-order valence-corrected chi connectivity index (χ0v) is 16.3. The summed E-state index contributed by atoms with van der Waals surface area (Å²) in [6.45, 7) is -0.778. The van der Waals surface area contributed by atoms with Crippen LogP contribution in [0.3, 0.4) is 0 Å². The molecule has 0 saturated heterocycles. The van der Waals surface area contributed by atoms with Crippen LogP contribution in [-0.4, -0.2) is 36.1 Å². The number of furan rings is 1. The maximum Gasteiger partial charge on any atom is 0.337 e. The Balaban J connectivity index is 1.49. The Kier molecular flexibility index (Phi) is 6.84. The van der Waals surface area contributed by atoms with E-state index in [1.165, 1.54) is 18.2 Å². The van der Waals surface area contributed by atoms with Gasteiger partial charge in [0.2, 0.25) is 11.8 Å². The Bertz CT molecular complexity index is 1070. The van der Waals surface area contributed by atoms with Gasteiger partial charge < -0.3 is 24.9 Å². The van der Waals surface area contributed by atoms with Crippen molar-refractivity contribution < 1.29 is 28.6 Å². The van der Waals surface area contributed by atoms with Crippen LogP contribution >= 0.6 is 11.6 Å². The van der Waals surface area contributed by atoms with Crippen molar-refractivity contribution in [2.45, 2.75) is 0 Å². The Labute approximate surface area is 176 Å². The van der Waals surface area contributed by atoms with E-state index in [1.807, 2.05) is 6.07 Å². The normalized spacial score (nSPS) is 10.4. The van der Waals surface area contributed by atoms with Crippen molar-refractivity contribution in [3.8, 4) is 11.1 Å². The monoisotopic (exact) mass is 428 g/mol. The first kappa shape index (κ1) is 21.1. The number of carbonyl (C=O) groups is 3. The summed E-state index contributed by atoms with van der Waals surface area (Å²) in [4.78, 5) is 35.3. The number of anilines is 2. The predicted molar refractivity (Wildman–Crippen MR) is 111 cm³/mol. The first-order valence-corrected chi connectivity index (χ1v) is 9.13. The van der Waals surface area contributed by atoms with Crippen molar-refractivity contribution in [1.82, 2.24) is 0 Å². The Morgan fingerprint density at radius 1 is 0.967 bits per heavy atom. The number of nitrogens with one attached hydrogen (secondary N) is 2. The quantitative estimate of drug-likeness (QED) is 0.501. The third-order valence-electron chi connectivity index (χ3n) is 3.95. The molecule has 0 radical (unpaired) electrons. The van der Waals surface area contributed by atoms with Crippen molar-refractivity contribution in [3.63, 3.8) is 0 Å². The molecule has 1 aromatic heterocycles. The molecule has 3 aromatic rings. The molecule has 154 valence electrons. The number of carboxylic acid groups (broad SMARTS) is 1. The molecule has 2 aromatic carbocycles. The van der Waals surface area contributed by atoms with Crippen molar-refractivity contribution in [2.75, 3.05) is 23.8 Å². The molecule has 3 N–H and O–H groups in total. The highest BCUT2D eigenvalue weighted by Crippen LogP contribution is 2.23. The fraction of sp³-hybridized carbons (Fsp3) is 0.0952. The van der Waals surface area contributed by atoms with E-state index in [-0.39, 0.29) is 22.9 Å². The average Bonchev–Trinajstić information content (AvgIpc) is 3.24. The predicted octanol–water partition coefficient (Wildman–Crippen LogP) is 3.89. The zero-order valence-electron chi connectivity index (χ0n) is 15.6. The minimum absolute atomic E-state index is 0.0843. The minimum atomic E-state index is -1.23. The molecular formula is C21H17ClN2O6. The fourth-order valence-electron chi connectivity index (χ4n) is 2.63. The summed E-state index contributed by atoms with van der Waals surface area (Å²) in [6.07, 6.45) is 3.15. The molecule has 3 rings (SSSR count). The number of ether oxygens (including phenoxy) is 1. The van der Waals surface area contributed by atoms with Crippen LogP contribution < -0.4 is 10.6 Å². The number of aromatic carboxylic acids is 1. The summed E-state index contributed by atoms with van der Waals surface area (Å²) in [5.41, 5.74) is 2.26. The standard InChI is InChI=1S/C21H17ClN2O6/c22-15-4-5-18(17(9-15)21(27)28)24-20(26)12-30-11-19(25)23-16-3-1-2-13(8-16)14-6-7-29-10-14/h1-10H,11-12H2,(H,23,25)(H,24,26)(H,27,28). The second-order valence-electron chi connectivity index (χ2n) is 6.18. The second kappa shape index (κ2) is 9.73. The number of halogens is 1. The fourth-order valence-corrected chi connectivity index (χ4v) is 2.80. The maximum absolute atomic E-state index is 12.1. The third kappa shape index (κ3) is 5.69. The van der Waals surface area contributed by atoms with Gasteiger partial charge in [-0.2, -0.15) is 0 Å². The molecule has 9 heteroatoms. The van der Waals surface area contributed by atoms with E-state index in [1.54, 1.807) is 36.8 Å². The summed E-state index contributed by atoms with van der Waals surface area (Å²) < 4.78 is 10.2. The highest BCUT2D eigenvalue weighted by Gasteiger charge is 2.14. The van der Waals surface area contributed by atoms with Crippen LogP contribution in [0.25, 0.3) is 11.1 Å². The van der Waals surface area contributed by atoms with E-state index in [9.17, 15) is 19.5 Å². The smallest absolute Gasteiger partial charge is 0.337 e. The van der Waals surface area contributed by atoms with Gasteiger partial charge in [0.15, 0.2) is 0 Å². The van der Waals surface area contributed by atoms with Gasteiger partial charge in [-0.25, -0.2) is 4.79 Å². The van der Waals surface area contributed by atoms with Crippen molar-refractivity contribution in [2.24, 2.45) is 0 Å². The minimum Gasteiger partial charge on any atom is -0.478 e. The zero-order chi connectivity index (χ0) is 21.5. The second-order valence-corrected chi connectivity index (χ2v) is 6.61. The lowest BCUT2D eigenvalue weighted by Gasteiger charge is -2.10. The van der Waals surface area contributed by atoms with Gasteiger partial charge >= 0.3 is 5.97 Å². The van der Waals surface area contributed by atoms with Gasteiger partial charge in [0.1, 0.15) is 13.2 Å². The SMILES string of the molecule is O=C(COCC(=O)Nc1ccc(Cl)cc1C(=O)O)Nc1cccc(-c2ccoc2)c1. The summed E-state index contributed by atoms with van der Waals surface area (Å²) >= 11 is 5.77. The van der Waals surface area contributed by atoms with Gasteiger partial charge in [-0.1, -0.05) is 23.7 Å². The molecule has 0 aliphatic heterocycles. The Hall–Kier alpha value is -3.62. The molecule has 30 heavy (non-hydrogen) atoms. The van der Waals surface area contributed by atoms with E-state index in [2.05, 4.69) is 10.6 Å². The van der Waals surface area contributed by atoms with Crippen LogP contribution in [0.2, 0.25) is 5.02 Å². The topological polar surface area (TPSA) is 118 Å². The van der Waals surface area contributed by atoms with Crippen LogP contribution in [0.15, 0.2) is 65.5 Å². The van der Waals surface area contributed by atoms with E-state index in [4.69, 9.17) is 20.8 Å². The maximum atomic E-state index is 12.1. The van der Waals surface area contributed by atoms with Crippen LogP contribution in [0.1, 0.15) is 10.4 Å². The number of amides is 2. The number of benzene rings is 2. The summed E-state index contributed by atoms with van der Waals surface area (Å²) in [5.74, 6) is -2.27. The molecule has 0 aliphatic carbocycles. The lowest BCUT2D eigenvalue weighted by molar-refractivity contribution is -0.125. The molecule has 0 unspecified atom stereocenters. The molecule has 2 amide bonds. The molecule has 1 heterocycles. The Morgan fingerprint density at radius 3 is 2.43 bits per heavy atom. The molecule has 0 fully saturated rings. The van der Waals surface area contributed by atoms with Crippen LogP contribution in [0.5, 0.6) is 0 Å². The first-order valence-electron chi connectivity index (χ1n) is 8.75. The first-order chi connectivity index (χ1) is 14.4. The largest absolute Gasteiger partial charge is 0.478 e. The summed E-state index contributed by atoms with van der Waals surface area (Å²) in [6, 6.07) is 13.0. The molecule has 0 saturated carbocycles. The van der Waals surface area contributed by atoms with Gasteiger partial charge in [0, 0.05) is 16.3 Å². The molecule has 0 atom stereocenters. The van der Waals surface area contributed by atoms with Gasteiger partial charge in [0.25, 0.3) is 0 Å². The third-order valence-corrected chi connectivity index (χ3v) is 4.19. The lowest BCUT2D eigenvalue weighted by Crippen LogP contribution is -2.24. The lowest BCUT2D eigenvalue weighted by atomic mass is 10.1. The van der Waals surface area contributed by atoms with Gasteiger partial charge in [0.05, 0.1) is 23.8 Å². The number of carboxylic acids is 1. The average molecular weight is 429 g/mol. The van der Waals surface area contributed by atoms with E-state index < -0.39 is 24.4 Å². The number of carbonyl (C=O) groups excluding carboxylic acids is 2. The highest BCUT2D eigenvalue weighted by molar-refractivity contribution is 6.31. The van der Waals surface area contributed by atoms with Gasteiger partial charge in [-0.15, -0.1) is 0 Å². The van der Waals surface area contributed by atoms with Crippen molar-refractivity contribution in [1.29, 1.82) is 0 Å². The van der Waals surface area contributed by atoms with Gasteiger partial charge in [-0.05, 0) is 42.0 Å². The molecule has 0 spiro atoms. The Morgan fingerprint density at radius 2 is 1.73 bits per heavy atom. The highest BCUT2D eigenvalue weighted by atomic mass is 35.5.